The molecule has 1 heterocycles. The summed E-state index contributed by atoms with van der Waals surface area (Å²) < 4.78 is 5.83. The molecule has 92 valence electrons. The van der Waals surface area contributed by atoms with Crippen molar-refractivity contribution in [3.8, 4) is 0 Å². The Balaban J connectivity index is 2.27. The molecule has 0 saturated heterocycles. The van der Waals surface area contributed by atoms with Gasteiger partial charge < -0.3 is 4.42 Å². The molecule has 0 aliphatic carbocycles. The number of hydrogen-bond acceptors (Lipinski definition) is 3. The molecule has 1 unspecified atom stereocenters. The zero-order valence-electron chi connectivity index (χ0n) is 10.5. The molecule has 0 aliphatic rings. The summed E-state index contributed by atoms with van der Waals surface area (Å²) in [6, 6.07) is 8.41. The molecule has 1 atom stereocenters. The zero-order valence-corrected chi connectivity index (χ0v) is 10.5. The monoisotopic (exact) mass is 232 g/mol. The average Bonchev–Trinajstić information content (AvgIpc) is 2.72. The Morgan fingerprint density at radius 2 is 2.18 bits per heavy atom. The normalized spacial score (nSPS) is 13.1. The quantitative estimate of drug-likeness (QED) is 0.613. The van der Waals surface area contributed by atoms with E-state index in [1.165, 1.54) is 5.56 Å². The van der Waals surface area contributed by atoms with E-state index in [0.29, 0.717) is 0 Å². The van der Waals surface area contributed by atoms with E-state index in [4.69, 9.17) is 10.3 Å². The van der Waals surface area contributed by atoms with Gasteiger partial charge in [-0.05, 0) is 31.5 Å². The first-order valence-corrected chi connectivity index (χ1v) is 6.21. The smallest absolute Gasteiger partial charge is 0.134 e. The molecule has 0 spiro atoms. The van der Waals surface area contributed by atoms with Gasteiger partial charge in [0.1, 0.15) is 11.3 Å². The van der Waals surface area contributed by atoms with Crippen LogP contribution in [0, 0.1) is 6.92 Å². The Morgan fingerprint density at radius 3 is 2.88 bits per heavy atom. The lowest BCUT2D eigenvalue weighted by atomic mass is 10.1. The van der Waals surface area contributed by atoms with Crippen LogP contribution in [0.25, 0.3) is 11.0 Å². The van der Waals surface area contributed by atoms with E-state index >= 15 is 0 Å². The minimum Gasteiger partial charge on any atom is -0.459 e. The van der Waals surface area contributed by atoms with Crippen LogP contribution in [-0.2, 0) is 0 Å². The van der Waals surface area contributed by atoms with Crippen LogP contribution in [0.5, 0.6) is 0 Å². The van der Waals surface area contributed by atoms with Gasteiger partial charge in [0.05, 0.1) is 6.04 Å². The van der Waals surface area contributed by atoms with Crippen molar-refractivity contribution in [3.63, 3.8) is 0 Å². The molecule has 0 fully saturated rings. The van der Waals surface area contributed by atoms with E-state index in [-0.39, 0.29) is 6.04 Å². The van der Waals surface area contributed by atoms with Gasteiger partial charge in [0.15, 0.2) is 0 Å². The topological polar surface area (TPSA) is 51.2 Å². The van der Waals surface area contributed by atoms with Crippen LogP contribution >= 0.6 is 0 Å². The van der Waals surface area contributed by atoms with Crippen LogP contribution in [-0.4, -0.2) is 0 Å². The number of nitrogens with one attached hydrogen (secondary N) is 1. The first-order chi connectivity index (χ1) is 8.24. The van der Waals surface area contributed by atoms with Gasteiger partial charge >= 0.3 is 0 Å². The maximum absolute atomic E-state index is 5.83. The number of aryl methyl sites for hydroxylation is 1. The summed E-state index contributed by atoms with van der Waals surface area (Å²) in [5.74, 6) is 6.52. The minimum atomic E-state index is 0.114. The standard InChI is InChI=1S/C14H20N2O/c1-3-4-5-12(16-15)14-9-11-8-10(2)6-7-13(11)17-14/h6-9,12,16H,3-5,15H2,1-2H3. The van der Waals surface area contributed by atoms with Crippen molar-refractivity contribution >= 4 is 11.0 Å². The Labute approximate surface area is 102 Å². The molecular weight excluding hydrogens is 212 g/mol. The van der Waals surface area contributed by atoms with E-state index in [1.807, 2.05) is 6.07 Å². The largest absolute Gasteiger partial charge is 0.459 e. The lowest BCUT2D eigenvalue weighted by Gasteiger charge is -2.11. The molecule has 0 radical (unpaired) electrons. The van der Waals surface area contributed by atoms with Crippen molar-refractivity contribution < 1.29 is 4.42 Å². The van der Waals surface area contributed by atoms with Crippen molar-refractivity contribution in [1.29, 1.82) is 0 Å². The van der Waals surface area contributed by atoms with Gasteiger partial charge in [0.25, 0.3) is 0 Å². The molecule has 0 aliphatic heterocycles. The molecule has 3 heteroatoms. The lowest BCUT2D eigenvalue weighted by molar-refractivity contribution is 0.407. The number of unbranched alkanes of at least 4 members (excludes halogenated alkanes) is 1. The number of benzene rings is 1. The Hall–Kier alpha value is -1.32. The molecular formula is C14H20N2O. The van der Waals surface area contributed by atoms with Gasteiger partial charge in [-0.3, -0.25) is 5.84 Å². The number of hydrogen-bond donors (Lipinski definition) is 2. The van der Waals surface area contributed by atoms with E-state index in [2.05, 4.69) is 37.5 Å². The van der Waals surface area contributed by atoms with Crippen LogP contribution in [0.4, 0.5) is 0 Å². The first-order valence-electron chi connectivity index (χ1n) is 6.21. The van der Waals surface area contributed by atoms with Crippen molar-refractivity contribution in [1.82, 2.24) is 5.43 Å². The summed E-state index contributed by atoms with van der Waals surface area (Å²) >= 11 is 0. The van der Waals surface area contributed by atoms with E-state index < -0.39 is 0 Å². The highest BCUT2D eigenvalue weighted by atomic mass is 16.3. The summed E-state index contributed by atoms with van der Waals surface area (Å²) in [5.41, 5.74) is 5.01. The number of fused-ring (bicyclic) bond motifs is 1. The van der Waals surface area contributed by atoms with Gasteiger partial charge in [-0.2, -0.15) is 0 Å². The summed E-state index contributed by atoms with van der Waals surface area (Å²) in [6.07, 6.45) is 3.31. The molecule has 1 aromatic heterocycles. The SMILES string of the molecule is CCCCC(NN)c1cc2cc(C)ccc2o1. The molecule has 1 aromatic carbocycles. The van der Waals surface area contributed by atoms with Gasteiger partial charge in [-0.1, -0.05) is 31.4 Å². The average molecular weight is 232 g/mol. The minimum absolute atomic E-state index is 0.114. The second-order valence-electron chi connectivity index (χ2n) is 4.55. The second-order valence-corrected chi connectivity index (χ2v) is 4.55. The lowest BCUT2D eigenvalue weighted by Crippen LogP contribution is -2.27. The Kier molecular flexibility index (Phi) is 3.82. The highest BCUT2D eigenvalue weighted by molar-refractivity contribution is 5.78. The van der Waals surface area contributed by atoms with Crippen LogP contribution in [0.15, 0.2) is 28.7 Å². The van der Waals surface area contributed by atoms with Crippen LogP contribution in [0.2, 0.25) is 0 Å². The zero-order chi connectivity index (χ0) is 12.3. The fourth-order valence-electron chi connectivity index (χ4n) is 2.07. The van der Waals surface area contributed by atoms with Crippen LogP contribution in [0.3, 0.4) is 0 Å². The third-order valence-corrected chi connectivity index (χ3v) is 3.08. The number of rotatable bonds is 5. The van der Waals surface area contributed by atoms with Crippen molar-refractivity contribution in [2.24, 2.45) is 5.84 Å². The molecule has 0 bridgehead atoms. The second kappa shape index (κ2) is 5.34. The summed E-state index contributed by atoms with van der Waals surface area (Å²) in [4.78, 5) is 0. The number of nitrogens with two attached hydrogens (primary N) is 1. The molecule has 0 amide bonds. The number of furan rings is 1. The molecule has 17 heavy (non-hydrogen) atoms. The van der Waals surface area contributed by atoms with Crippen molar-refractivity contribution in [3.05, 3.63) is 35.6 Å². The number of hydrazine groups is 1. The first kappa shape index (κ1) is 12.1. The third kappa shape index (κ3) is 2.68. The fraction of sp³-hybridized carbons (Fsp3) is 0.429. The fourth-order valence-corrected chi connectivity index (χ4v) is 2.07. The maximum atomic E-state index is 5.83. The molecule has 0 saturated carbocycles. The highest BCUT2D eigenvalue weighted by Gasteiger charge is 2.14. The predicted octanol–water partition coefficient (Wildman–Crippen LogP) is 3.44. The molecule has 3 N–H and O–H groups in total. The van der Waals surface area contributed by atoms with Gasteiger partial charge in [0.2, 0.25) is 0 Å². The van der Waals surface area contributed by atoms with Gasteiger partial charge in [0, 0.05) is 5.39 Å². The van der Waals surface area contributed by atoms with E-state index in [9.17, 15) is 0 Å². The predicted molar refractivity (Wildman–Crippen MR) is 70.5 cm³/mol. The van der Waals surface area contributed by atoms with Crippen LogP contribution in [0.1, 0.15) is 43.6 Å². The van der Waals surface area contributed by atoms with Crippen LogP contribution < -0.4 is 11.3 Å². The highest BCUT2D eigenvalue weighted by Crippen LogP contribution is 2.27. The van der Waals surface area contributed by atoms with Crippen molar-refractivity contribution in [2.45, 2.75) is 39.2 Å². The summed E-state index contributed by atoms with van der Waals surface area (Å²) in [7, 11) is 0. The molecule has 2 rings (SSSR count). The Morgan fingerprint density at radius 1 is 1.35 bits per heavy atom. The van der Waals surface area contributed by atoms with Gasteiger partial charge in [-0.15, -0.1) is 0 Å². The summed E-state index contributed by atoms with van der Waals surface area (Å²) in [6.45, 7) is 4.26. The van der Waals surface area contributed by atoms with E-state index in [1.54, 1.807) is 0 Å². The third-order valence-electron chi connectivity index (χ3n) is 3.08. The van der Waals surface area contributed by atoms with E-state index in [0.717, 1.165) is 36.0 Å². The molecule has 3 nitrogen and oxygen atoms in total. The Bertz CT molecular complexity index is 490. The summed E-state index contributed by atoms with van der Waals surface area (Å²) in [5, 5.41) is 1.15. The molecule has 2 aromatic rings. The maximum Gasteiger partial charge on any atom is 0.134 e. The van der Waals surface area contributed by atoms with Gasteiger partial charge in [-0.25, -0.2) is 5.43 Å². The van der Waals surface area contributed by atoms with Crippen molar-refractivity contribution in [2.75, 3.05) is 0 Å².